The third-order valence-corrected chi connectivity index (χ3v) is 3.01. The second kappa shape index (κ2) is 9.37. The first-order chi connectivity index (χ1) is 10.1. The van der Waals surface area contributed by atoms with Crippen LogP contribution in [0.1, 0.15) is 24.9 Å². The molecule has 5 nitrogen and oxygen atoms in total. The zero-order valence-corrected chi connectivity index (χ0v) is 13.4. The number of rotatable bonds is 9. The number of nitrogens with zero attached hydrogens (tertiary/aromatic N) is 1. The normalized spacial score (nSPS) is 12.2. The first-order valence-corrected chi connectivity index (χ1v) is 7.27. The minimum atomic E-state index is -0.472. The Morgan fingerprint density at radius 1 is 1.38 bits per heavy atom. The van der Waals surface area contributed by atoms with Crippen molar-refractivity contribution in [3.05, 3.63) is 29.8 Å². The number of carbonyl (C=O) groups excluding carboxylic acids is 1. The lowest BCUT2D eigenvalue weighted by Crippen LogP contribution is -2.34. The molecule has 0 saturated carbocycles. The van der Waals surface area contributed by atoms with Crippen LogP contribution in [-0.4, -0.2) is 51.8 Å². The Morgan fingerprint density at radius 3 is 2.76 bits per heavy atom. The van der Waals surface area contributed by atoms with Crippen molar-refractivity contribution < 1.29 is 14.3 Å². The van der Waals surface area contributed by atoms with Crippen LogP contribution in [0.4, 0.5) is 0 Å². The highest BCUT2D eigenvalue weighted by molar-refractivity contribution is 5.77. The average Bonchev–Trinajstić information content (AvgIpc) is 2.49. The van der Waals surface area contributed by atoms with Crippen LogP contribution in [0.5, 0.6) is 5.75 Å². The van der Waals surface area contributed by atoms with E-state index in [1.165, 1.54) is 7.11 Å². The molecule has 0 aromatic heterocycles. The van der Waals surface area contributed by atoms with E-state index < -0.39 is 6.04 Å². The van der Waals surface area contributed by atoms with E-state index in [4.69, 9.17) is 9.47 Å². The summed E-state index contributed by atoms with van der Waals surface area (Å²) in [6, 6.07) is 7.11. The molecular formula is C16H26N2O3. The van der Waals surface area contributed by atoms with Crippen LogP contribution in [0.15, 0.2) is 24.3 Å². The molecule has 0 aliphatic heterocycles. The topological polar surface area (TPSA) is 50.8 Å². The molecule has 1 aromatic carbocycles. The van der Waals surface area contributed by atoms with Gasteiger partial charge in [-0.3, -0.25) is 5.32 Å². The minimum Gasteiger partial charge on any atom is -0.494 e. The monoisotopic (exact) mass is 294 g/mol. The molecule has 1 rings (SSSR count). The van der Waals surface area contributed by atoms with E-state index in [1.54, 1.807) is 0 Å². The third-order valence-electron chi connectivity index (χ3n) is 3.01. The summed E-state index contributed by atoms with van der Waals surface area (Å²) in [5.74, 6) is 0.485. The number of benzene rings is 1. The molecule has 118 valence electrons. The molecule has 0 radical (unpaired) electrons. The molecule has 1 aromatic rings. The predicted molar refractivity (Wildman–Crippen MR) is 83.5 cm³/mol. The average molecular weight is 294 g/mol. The van der Waals surface area contributed by atoms with Crippen LogP contribution >= 0.6 is 0 Å². The van der Waals surface area contributed by atoms with Crippen molar-refractivity contribution in [2.45, 2.75) is 19.4 Å². The van der Waals surface area contributed by atoms with Crippen LogP contribution in [0.3, 0.4) is 0 Å². The Bertz CT molecular complexity index is 435. The number of carbonyl (C=O) groups is 1. The molecule has 1 N–H and O–H groups in total. The summed E-state index contributed by atoms with van der Waals surface area (Å²) in [7, 11) is 5.39. The van der Waals surface area contributed by atoms with Crippen LogP contribution in [0.25, 0.3) is 0 Å². The molecule has 0 aliphatic rings. The summed E-state index contributed by atoms with van der Waals surface area (Å²) in [5, 5.41) is 3.23. The Labute approximate surface area is 127 Å². The van der Waals surface area contributed by atoms with Crippen molar-refractivity contribution >= 4 is 5.97 Å². The van der Waals surface area contributed by atoms with Crippen molar-refractivity contribution in [2.75, 3.05) is 40.9 Å². The van der Waals surface area contributed by atoms with Gasteiger partial charge in [0.25, 0.3) is 0 Å². The number of hydrogen-bond donors (Lipinski definition) is 1. The summed E-state index contributed by atoms with van der Waals surface area (Å²) in [6.45, 7) is 4.27. The van der Waals surface area contributed by atoms with Gasteiger partial charge in [0.05, 0.1) is 13.7 Å². The molecule has 0 spiro atoms. The fraction of sp³-hybridized carbons (Fsp3) is 0.562. The predicted octanol–water partition coefficient (Wildman–Crippen LogP) is 1.84. The van der Waals surface area contributed by atoms with Crippen LogP contribution < -0.4 is 10.1 Å². The van der Waals surface area contributed by atoms with Crippen molar-refractivity contribution in [1.82, 2.24) is 10.2 Å². The number of nitrogens with one attached hydrogen (secondary N) is 1. The van der Waals surface area contributed by atoms with Crippen molar-refractivity contribution in [3.8, 4) is 5.75 Å². The van der Waals surface area contributed by atoms with Crippen LogP contribution in [-0.2, 0) is 9.53 Å². The van der Waals surface area contributed by atoms with Gasteiger partial charge in [-0.1, -0.05) is 19.1 Å². The maximum Gasteiger partial charge on any atom is 0.327 e. The van der Waals surface area contributed by atoms with Gasteiger partial charge in [-0.25, -0.2) is 4.79 Å². The molecular weight excluding hydrogens is 268 g/mol. The molecule has 0 bridgehead atoms. The highest BCUT2D eigenvalue weighted by Gasteiger charge is 2.21. The SMILES string of the molecule is CCCOc1cccc(C(NCCN(C)C)C(=O)OC)c1. The standard InChI is InChI=1S/C16H26N2O3/c1-5-11-21-14-8-6-7-13(12-14)15(16(19)20-4)17-9-10-18(2)3/h6-8,12,15,17H,5,9-11H2,1-4H3. The number of esters is 1. The lowest BCUT2D eigenvalue weighted by atomic mass is 10.1. The Balaban J connectivity index is 2.79. The van der Waals surface area contributed by atoms with E-state index in [-0.39, 0.29) is 5.97 Å². The Hall–Kier alpha value is -1.59. The second-order valence-corrected chi connectivity index (χ2v) is 5.13. The van der Waals surface area contributed by atoms with E-state index in [0.29, 0.717) is 13.2 Å². The molecule has 0 heterocycles. The second-order valence-electron chi connectivity index (χ2n) is 5.13. The molecule has 1 unspecified atom stereocenters. The Kier molecular flexibility index (Phi) is 7.79. The van der Waals surface area contributed by atoms with Gasteiger partial charge in [-0.15, -0.1) is 0 Å². The van der Waals surface area contributed by atoms with Gasteiger partial charge >= 0.3 is 5.97 Å². The first kappa shape index (κ1) is 17.5. The summed E-state index contributed by atoms with van der Waals surface area (Å²) < 4.78 is 10.5. The number of ether oxygens (including phenoxy) is 2. The lowest BCUT2D eigenvalue weighted by Gasteiger charge is -2.19. The van der Waals surface area contributed by atoms with E-state index in [1.807, 2.05) is 38.4 Å². The molecule has 0 saturated heterocycles. The number of methoxy groups -OCH3 is 1. The van der Waals surface area contributed by atoms with E-state index in [9.17, 15) is 4.79 Å². The van der Waals surface area contributed by atoms with Gasteiger partial charge in [0, 0.05) is 13.1 Å². The quantitative estimate of drug-likeness (QED) is 0.704. The van der Waals surface area contributed by atoms with Crippen molar-refractivity contribution in [1.29, 1.82) is 0 Å². The number of hydrogen-bond acceptors (Lipinski definition) is 5. The zero-order valence-electron chi connectivity index (χ0n) is 13.4. The first-order valence-electron chi connectivity index (χ1n) is 7.27. The van der Waals surface area contributed by atoms with Gasteiger partial charge in [0.1, 0.15) is 11.8 Å². The highest BCUT2D eigenvalue weighted by atomic mass is 16.5. The van der Waals surface area contributed by atoms with Gasteiger partial charge in [0.15, 0.2) is 0 Å². The smallest absolute Gasteiger partial charge is 0.327 e. The van der Waals surface area contributed by atoms with Gasteiger partial charge < -0.3 is 14.4 Å². The van der Waals surface area contributed by atoms with E-state index in [0.717, 1.165) is 24.3 Å². The fourth-order valence-corrected chi connectivity index (χ4v) is 1.89. The Morgan fingerprint density at radius 2 is 2.14 bits per heavy atom. The lowest BCUT2D eigenvalue weighted by molar-refractivity contribution is -0.143. The summed E-state index contributed by atoms with van der Waals surface area (Å²) >= 11 is 0. The maximum absolute atomic E-state index is 12.0. The van der Waals surface area contributed by atoms with Crippen LogP contribution in [0, 0.1) is 0 Å². The molecule has 0 aliphatic carbocycles. The largest absolute Gasteiger partial charge is 0.494 e. The summed E-state index contributed by atoms with van der Waals surface area (Å²) in [5.41, 5.74) is 0.856. The fourth-order valence-electron chi connectivity index (χ4n) is 1.89. The summed E-state index contributed by atoms with van der Waals surface area (Å²) in [6.07, 6.45) is 0.950. The molecule has 1 atom stereocenters. The van der Waals surface area contributed by atoms with Gasteiger partial charge in [-0.2, -0.15) is 0 Å². The maximum atomic E-state index is 12.0. The molecule has 21 heavy (non-hydrogen) atoms. The van der Waals surface area contributed by atoms with Crippen molar-refractivity contribution in [2.24, 2.45) is 0 Å². The van der Waals surface area contributed by atoms with E-state index >= 15 is 0 Å². The molecule has 0 amide bonds. The third kappa shape index (κ3) is 6.14. The van der Waals surface area contributed by atoms with Gasteiger partial charge in [-0.05, 0) is 38.2 Å². The van der Waals surface area contributed by atoms with Crippen LogP contribution in [0.2, 0.25) is 0 Å². The number of likely N-dealkylation sites (N-methyl/N-ethyl adjacent to an activating group) is 1. The van der Waals surface area contributed by atoms with Crippen molar-refractivity contribution in [3.63, 3.8) is 0 Å². The van der Waals surface area contributed by atoms with E-state index in [2.05, 4.69) is 17.1 Å². The molecule has 5 heteroatoms. The zero-order chi connectivity index (χ0) is 15.7. The van der Waals surface area contributed by atoms with Gasteiger partial charge in [0.2, 0.25) is 0 Å². The minimum absolute atomic E-state index is 0.290. The summed E-state index contributed by atoms with van der Waals surface area (Å²) in [4.78, 5) is 14.0. The molecule has 0 fully saturated rings. The highest BCUT2D eigenvalue weighted by Crippen LogP contribution is 2.20.